The van der Waals surface area contributed by atoms with Gasteiger partial charge in [0, 0.05) is 19.7 Å². The maximum atomic E-state index is 12.2. The second kappa shape index (κ2) is 9.59. The molecule has 1 aliphatic rings. The lowest BCUT2D eigenvalue weighted by molar-refractivity contribution is -0.136. The van der Waals surface area contributed by atoms with Crippen molar-refractivity contribution in [3.05, 3.63) is 0 Å². The third-order valence-corrected chi connectivity index (χ3v) is 3.96. The van der Waals surface area contributed by atoms with Crippen LogP contribution < -0.4 is 5.73 Å². The highest BCUT2D eigenvalue weighted by Gasteiger charge is 2.28. The molecule has 0 radical (unpaired) electrons. The molecule has 1 fully saturated rings. The van der Waals surface area contributed by atoms with Gasteiger partial charge in [0.05, 0.1) is 12.1 Å². The molecule has 0 aromatic rings. The van der Waals surface area contributed by atoms with Crippen LogP contribution in [0.15, 0.2) is 0 Å². The minimum Gasteiger partial charge on any atom is -0.378 e. The summed E-state index contributed by atoms with van der Waals surface area (Å²) in [5.74, 6) is 0.928. The average molecular weight is 307 g/mol. The van der Waals surface area contributed by atoms with E-state index < -0.39 is 0 Å². The summed E-state index contributed by atoms with van der Waals surface area (Å²) in [6.07, 6.45) is 3.13. The highest BCUT2D eigenvalue weighted by Crippen LogP contribution is 2.17. The number of nitrogens with zero attached hydrogens (tertiary/aromatic N) is 1. The van der Waals surface area contributed by atoms with Gasteiger partial charge in [0.2, 0.25) is 5.91 Å². The predicted octanol–water partition coefficient (Wildman–Crippen LogP) is 2.45. The molecule has 0 aromatic heterocycles. The van der Waals surface area contributed by atoms with Crippen molar-refractivity contribution in [1.29, 1.82) is 0 Å². The molecule has 0 saturated carbocycles. The van der Waals surface area contributed by atoms with E-state index in [1.54, 1.807) is 0 Å². The van der Waals surface area contributed by atoms with Crippen LogP contribution in [0.2, 0.25) is 0 Å². The summed E-state index contributed by atoms with van der Waals surface area (Å²) in [4.78, 5) is 14.1. The first-order valence-corrected chi connectivity index (χ1v) is 7.61. The van der Waals surface area contributed by atoms with Crippen molar-refractivity contribution in [3.8, 4) is 0 Å². The van der Waals surface area contributed by atoms with Gasteiger partial charge in [-0.1, -0.05) is 34.1 Å². The van der Waals surface area contributed by atoms with Crippen LogP contribution in [0.5, 0.6) is 0 Å². The maximum Gasteiger partial charge on any atom is 0.239 e. The van der Waals surface area contributed by atoms with Gasteiger partial charge in [0.1, 0.15) is 0 Å². The molecule has 2 unspecified atom stereocenters. The van der Waals surface area contributed by atoms with Crippen LogP contribution in [-0.2, 0) is 9.53 Å². The van der Waals surface area contributed by atoms with Crippen LogP contribution in [0, 0.1) is 11.8 Å². The van der Waals surface area contributed by atoms with Crippen LogP contribution >= 0.6 is 12.4 Å². The summed E-state index contributed by atoms with van der Waals surface area (Å²) in [5.41, 5.74) is 6.01. The van der Waals surface area contributed by atoms with Crippen molar-refractivity contribution in [3.63, 3.8) is 0 Å². The van der Waals surface area contributed by atoms with Crippen LogP contribution in [0.1, 0.15) is 47.0 Å². The van der Waals surface area contributed by atoms with Gasteiger partial charge in [-0.3, -0.25) is 4.79 Å². The number of nitrogens with two attached hydrogens (primary N) is 1. The van der Waals surface area contributed by atoms with E-state index in [4.69, 9.17) is 10.5 Å². The molecule has 1 amide bonds. The Morgan fingerprint density at radius 1 is 1.30 bits per heavy atom. The van der Waals surface area contributed by atoms with Gasteiger partial charge in [-0.15, -0.1) is 12.4 Å². The Labute approximate surface area is 129 Å². The number of amides is 1. The number of piperidine rings is 1. The summed E-state index contributed by atoms with van der Waals surface area (Å²) >= 11 is 0. The standard InChI is InChI=1S/C15H30N2O2.ClH/c1-5-12(4)14(16)15(18)17-8-6-13(7-9-17)19-10-11(2)3;/h11-14H,5-10,16H2,1-4H3;1H. The van der Waals surface area contributed by atoms with Crippen LogP contribution in [0.4, 0.5) is 0 Å². The van der Waals surface area contributed by atoms with Gasteiger partial charge < -0.3 is 15.4 Å². The van der Waals surface area contributed by atoms with Crippen molar-refractivity contribution in [2.24, 2.45) is 17.6 Å². The molecule has 5 heteroatoms. The van der Waals surface area contributed by atoms with E-state index in [0.717, 1.165) is 39.0 Å². The summed E-state index contributed by atoms with van der Waals surface area (Å²) in [5, 5.41) is 0. The number of hydrogen-bond donors (Lipinski definition) is 1. The number of ether oxygens (including phenoxy) is 1. The zero-order valence-electron chi connectivity index (χ0n) is 13.3. The zero-order chi connectivity index (χ0) is 14.4. The lowest BCUT2D eigenvalue weighted by Crippen LogP contribution is -2.50. The topological polar surface area (TPSA) is 55.6 Å². The molecule has 1 saturated heterocycles. The fourth-order valence-electron chi connectivity index (χ4n) is 2.28. The van der Waals surface area contributed by atoms with Crippen molar-refractivity contribution in [2.75, 3.05) is 19.7 Å². The molecule has 0 aliphatic carbocycles. The van der Waals surface area contributed by atoms with E-state index in [2.05, 4.69) is 20.8 Å². The van der Waals surface area contributed by atoms with Gasteiger partial charge in [-0.05, 0) is 24.7 Å². The normalized spacial score (nSPS) is 19.6. The highest BCUT2D eigenvalue weighted by atomic mass is 35.5. The zero-order valence-corrected chi connectivity index (χ0v) is 14.1. The molecular weight excluding hydrogens is 276 g/mol. The second-order valence-corrected chi connectivity index (χ2v) is 6.16. The van der Waals surface area contributed by atoms with Crippen LogP contribution in [0.25, 0.3) is 0 Å². The summed E-state index contributed by atoms with van der Waals surface area (Å²) in [7, 11) is 0. The first-order chi connectivity index (χ1) is 8.95. The van der Waals surface area contributed by atoms with E-state index in [-0.39, 0.29) is 30.3 Å². The summed E-state index contributed by atoms with van der Waals surface area (Å²) < 4.78 is 5.83. The van der Waals surface area contributed by atoms with Gasteiger partial charge >= 0.3 is 0 Å². The number of likely N-dealkylation sites (tertiary alicyclic amines) is 1. The number of carbonyl (C=O) groups is 1. The molecule has 20 heavy (non-hydrogen) atoms. The van der Waals surface area contributed by atoms with E-state index >= 15 is 0 Å². The fraction of sp³-hybridized carbons (Fsp3) is 0.933. The number of carbonyl (C=O) groups excluding carboxylic acids is 1. The summed E-state index contributed by atoms with van der Waals surface area (Å²) in [6.45, 7) is 10.8. The van der Waals surface area contributed by atoms with Gasteiger partial charge in [-0.25, -0.2) is 0 Å². The Kier molecular flexibility index (Phi) is 9.43. The average Bonchev–Trinajstić information content (AvgIpc) is 2.43. The van der Waals surface area contributed by atoms with E-state index in [0.29, 0.717) is 12.0 Å². The van der Waals surface area contributed by atoms with E-state index in [1.807, 2.05) is 11.8 Å². The van der Waals surface area contributed by atoms with E-state index in [1.165, 1.54) is 0 Å². The monoisotopic (exact) mass is 306 g/mol. The van der Waals surface area contributed by atoms with Gasteiger partial charge in [-0.2, -0.15) is 0 Å². The molecule has 1 rings (SSSR count). The molecule has 0 spiro atoms. The van der Waals surface area contributed by atoms with Crippen molar-refractivity contribution in [2.45, 2.75) is 59.1 Å². The molecule has 2 N–H and O–H groups in total. The van der Waals surface area contributed by atoms with Crippen molar-refractivity contribution < 1.29 is 9.53 Å². The molecule has 1 heterocycles. The predicted molar refractivity (Wildman–Crippen MR) is 85.1 cm³/mol. The van der Waals surface area contributed by atoms with Gasteiger partial charge in [0.25, 0.3) is 0 Å². The largest absolute Gasteiger partial charge is 0.378 e. The van der Waals surface area contributed by atoms with Crippen LogP contribution in [0.3, 0.4) is 0 Å². The smallest absolute Gasteiger partial charge is 0.239 e. The Morgan fingerprint density at radius 3 is 2.30 bits per heavy atom. The number of hydrogen-bond acceptors (Lipinski definition) is 3. The van der Waals surface area contributed by atoms with Gasteiger partial charge in [0.15, 0.2) is 0 Å². The molecule has 0 aromatic carbocycles. The number of halogens is 1. The third kappa shape index (κ3) is 5.98. The first-order valence-electron chi connectivity index (χ1n) is 7.61. The Bertz CT molecular complexity index is 279. The van der Waals surface area contributed by atoms with E-state index in [9.17, 15) is 4.79 Å². The highest BCUT2D eigenvalue weighted by molar-refractivity contribution is 5.85. The summed E-state index contributed by atoms with van der Waals surface area (Å²) in [6, 6.07) is -0.349. The second-order valence-electron chi connectivity index (χ2n) is 6.16. The molecule has 4 nitrogen and oxygen atoms in total. The number of rotatable bonds is 6. The molecule has 1 aliphatic heterocycles. The van der Waals surface area contributed by atoms with Crippen molar-refractivity contribution >= 4 is 18.3 Å². The molecule has 2 atom stereocenters. The van der Waals surface area contributed by atoms with Crippen LogP contribution in [-0.4, -0.2) is 42.6 Å². The molecule has 120 valence electrons. The molecule has 0 bridgehead atoms. The lowest BCUT2D eigenvalue weighted by atomic mass is 9.97. The molecular formula is C15H31ClN2O2. The minimum absolute atomic E-state index is 0. The Morgan fingerprint density at radius 2 is 1.85 bits per heavy atom. The first kappa shape index (κ1) is 19.7. The minimum atomic E-state index is -0.349. The lowest BCUT2D eigenvalue weighted by Gasteiger charge is -2.34. The fourth-order valence-corrected chi connectivity index (χ4v) is 2.28. The SMILES string of the molecule is CCC(C)C(N)C(=O)N1CCC(OCC(C)C)CC1.Cl. The third-order valence-electron chi connectivity index (χ3n) is 3.96. The Hall–Kier alpha value is -0.320. The quantitative estimate of drug-likeness (QED) is 0.820. The maximum absolute atomic E-state index is 12.2. The Balaban J connectivity index is 0.00000361. The van der Waals surface area contributed by atoms with Crippen molar-refractivity contribution in [1.82, 2.24) is 4.90 Å².